The first kappa shape index (κ1) is 25.0. The van der Waals surface area contributed by atoms with Crippen LogP contribution in [-0.2, 0) is 6.54 Å². The first-order chi connectivity index (χ1) is 16.4. The van der Waals surface area contributed by atoms with E-state index in [1.54, 1.807) is 31.2 Å². The zero-order valence-electron chi connectivity index (χ0n) is 19.3. The summed E-state index contributed by atoms with van der Waals surface area (Å²) in [7, 11) is 1.43. The fourth-order valence-electron chi connectivity index (χ4n) is 3.45. The second kappa shape index (κ2) is 11.5. The van der Waals surface area contributed by atoms with Crippen LogP contribution in [0.2, 0.25) is 5.02 Å². The molecular formula is C24H27ClN4O5. The fraction of sp³-hybridized carbons (Fsp3) is 0.333. The lowest BCUT2D eigenvalue weighted by Gasteiger charge is -2.14. The highest BCUT2D eigenvalue weighted by molar-refractivity contribution is 6.32. The van der Waals surface area contributed by atoms with Crippen molar-refractivity contribution in [2.45, 2.75) is 39.7 Å². The van der Waals surface area contributed by atoms with E-state index in [-0.39, 0.29) is 27.6 Å². The molecule has 10 heteroatoms. The molecule has 1 aromatic heterocycles. The Kier molecular flexibility index (Phi) is 8.48. The molecule has 0 fully saturated rings. The van der Waals surface area contributed by atoms with Crippen LogP contribution in [0, 0.1) is 0 Å². The number of aromatic nitrogens is 2. The van der Waals surface area contributed by atoms with E-state index in [9.17, 15) is 14.4 Å². The van der Waals surface area contributed by atoms with E-state index >= 15 is 0 Å². The van der Waals surface area contributed by atoms with Gasteiger partial charge in [0.05, 0.1) is 24.1 Å². The van der Waals surface area contributed by atoms with Crippen molar-refractivity contribution < 1.29 is 19.1 Å². The Labute approximate surface area is 202 Å². The molecule has 2 aromatic carbocycles. The predicted molar refractivity (Wildman–Crippen MR) is 130 cm³/mol. The van der Waals surface area contributed by atoms with Crippen LogP contribution in [0.5, 0.6) is 11.5 Å². The number of hydrogen-bond acceptors (Lipinski definition) is 6. The van der Waals surface area contributed by atoms with Gasteiger partial charge >= 0.3 is 0 Å². The molecular weight excluding hydrogens is 460 g/mol. The van der Waals surface area contributed by atoms with Crippen molar-refractivity contribution in [3.05, 3.63) is 63.0 Å². The largest absolute Gasteiger partial charge is 0.493 e. The van der Waals surface area contributed by atoms with Crippen LogP contribution in [0.3, 0.4) is 0 Å². The lowest BCUT2D eigenvalue weighted by Crippen LogP contribution is -2.42. The number of carbonyl (C=O) groups is 2. The van der Waals surface area contributed by atoms with Crippen LogP contribution in [-0.4, -0.2) is 35.3 Å². The summed E-state index contributed by atoms with van der Waals surface area (Å²) >= 11 is 6.23. The molecule has 0 bridgehead atoms. The maximum Gasteiger partial charge on any atom is 0.290 e. The minimum atomic E-state index is -0.655. The number of nitrogens with one attached hydrogen (secondary N) is 2. The summed E-state index contributed by atoms with van der Waals surface area (Å²) in [5.41, 5.74) is 4.66. The number of ether oxygens (including phenoxy) is 2. The van der Waals surface area contributed by atoms with Gasteiger partial charge in [-0.15, -0.1) is 0 Å². The fourth-order valence-corrected chi connectivity index (χ4v) is 3.71. The van der Waals surface area contributed by atoms with E-state index in [1.165, 1.54) is 23.9 Å². The van der Waals surface area contributed by atoms with Gasteiger partial charge in [0.1, 0.15) is 0 Å². The number of hydrogen-bond donors (Lipinski definition) is 2. The van der Waals surface area contributed by atoms with Crippen molar-refractivity contribution in [3.63, 3.8) is 0 Å². The first-order valence-electron chi connectivity index (χ1n) is 11.0. The number of rotatable bonds is 9. The maximum atomic E-state index is 12.9. The van der Waals surface area contributed by atoms with Crippen molar-refractivity contribution in [1.82, 2.24) is 20.6 Å². The van der Waals surface area contributed by atoms with Gasteiger partial charge in [-0.1, -0.05) is 49.6 Å². The maximum absolute atomic E-state index is 12.9. The Balaban J connectivity index is 1.84. The molecule has 0 radical (unpaired) electrons. The van der Waals surface area contributed by atoms with Gasteiger partial charge in [-0.2, -0.15) is 5.10 Å². The van der Waals surface area contributed by atoms with Gasteiger partial charge < -0.3 is 9.47 Å². The van der Waals surface area contributed by atoms with E-state index in [0.717, 1.165) is 19.3 Å². The summed E-state index contributed by atoms with van der Waals surface area (Å²) < 4.78 is 12.0. The van der Waals surface area contributed by atoms with E-state index in [4.69, 9.17) is 21.1 Å². The van der Waals surface area contributed by atoms with Crippen LogP contribution in [0.15, 0.2) is 41.2 Å². The normalized spacial score (nSPS) is 10.7. The highest BCUT2D eigenvalue weighted by Gasteiger charge is 2.19. The molecule has 9 nitrogen and oxygen atoms in total. The Morgan fingerprint density at radius 3 is 2.44 bits per heavy atom. The Bertz CT molecular complexity index is 1260. The molecule has 1 heterocycles. The van der Waals surface area contributed by atoms with E-state index < -0.39 is 11.8 Å². The van der Waals surface area contributed by atoms with Gasteiger partial charge in [0.15, 0.2) is 17.2 Å². The van der Waals surface area contributed by atoms with Gasteiger partial charge in [-0.3, -0.25) is 25.2 Å². The molecule has 0 saturated carbocycles. The van der Waals surface area contributed by atoms with Crippen molar-refractivity contribution in [3.8, 4) is 11.5 Å². The molecule has 3 aromatic rings. The Morgan fingerprint density at radius 1 is 1.06 bits per heavy atom. The third-order valence-corrected chi connectivity index (χ3v) is 5.41. The van der Waals surface area contributed by atoms with Gasteiger partial charge in [0, 0.05) is 17.5 Å². The quantitative estimate of drug-likeness (QED) is 0.352. The van der Waals surface area contributed by atoms with E-state index in [1.807, 2.05) is 0 Å². The molecule has 2 amide bonds. The first-order valence-corrected chi connectivity index (χ1v) is 11.4. The molecule has 0 aliphatic rings. The van der Waals surface area contributed by atoms with Crippen LogP contribution in [0.1, 0.15) is 54.0 Å². The van der Waals surface area contributed by atoms with Crippen molar-refractivity contribution in [2.24, 2.45) is 0 Å². The second-order valence-corrected chi connectivity index (χ2v) is 7.87. The summed E-state index contributed by atoms with van der Waals surface area (Å²) in [5, 5.41) is 5.26. The highest BCUT2D eigenvalue weighted by Crippen LogP contribution is 2.36. The number of nitrogens with zero attached hydrogens (tertiary/aromatic N) is 2. The van der Waals surface area contributed by atoms with Crippen LogP contribution in [0.4, 0.5) is 0 Å². The summed E-state index contributed by atoms with van der Waals surface area (Å²) in [6.45, 7) is 4.63. The van der Waals surface area contributed by atoms with Gasteiger partial charge in [-0.05, 0) is 31.5 Å². The molecule has 0 spiro atoms. The molecule has 180 valence electrons. The predicted octanol–water partition coefficient (Wildman–Crippen LogP) is 3.72. The lowest BCUT2D eigenvalue weighted by molar-refractivity contribution is 0.0843. The highest BCUT2D eigenvalue weighted by atomic mass is 35.5. The topological polar surface area (TPSA) is 112 Å². The summed E-state index contributed by atoms with van der Waals surface area (Å²) in [6, 6.07) is 9.62. The second-order valence-electron chi connectivity index (χ2n) is 7.46. The number of hydrazine groups is 1. The number of carbonyl (C=O) groups excluding carboxylic acids is 2. The average molecular weight is 487 g/mol. The average Bonchev–Trinajstić information content (AvgIpc) is 2.85. The van der Waals surface area contributed by atoms with Gasteiger partial charge in [-0.25, -0.2) is 4.68 Å². The smallest absolute Gasteiger partial charge is 0.290 e. The number of fused-ring (bicyclic) bond motifs is 1. The molecule has 0 atom stereocenters. The summed E-state index contributed by atoms with van der Waals surface area (Å²) in [5.74, 6) is -0.652. The third kappa shape index (κ3) is 5.48. The number of methoxy groups -OCH3 is 1. The molecule has 34 heavy (non-hydrogen) atoms. The molecule has 0 aliphatic carbocycles. The number of amides is 2. The monoisotopic (exact) mass is 486 g/mol. The van der Waals surface area contributed by atoms with Crippen LogP contribution < -0.4 is 25.9 Å². The van der Waals surface area contributed by atoms with Crippen LogP contribution >= 0.6 is 11.6 Å². The number of benzene rings is 2. The van der Waals surface area contributed by atoms with E-state index in [2.05, 4.69) is 22.9 Å². The SMILES string of the molecule is CCCCCn1nc(C(=O)NNC(=O)c2cc(Cl)c(OCC)c(OC)c2)c2ccccc2c1=O. The van der Waals surface area contributed by atoms with Crippen molar-refractivity contribution in [2.75, 3.05) is 13.7 Å². The van der Waals surface area contributed by atoms with Gasteiger partial charge in [0.25, 0.3) is 17.4 Å². The van der Waals surface area contributed by atoms with E-state index in [0.29, 0.717) is 29.7 Å². The molecule has 0 unspecified atom stereocenters. The van der Waals surface area contributed by atoms with Crippen molar-refractivity contribution in [1.29, 1.82) is 0 Å². The summed E-state index contributed by atoms with van der Waals surface area (Å²) in [4.78, 5) is 38.4. The zero-order chi connectivity index (χ0) is 24.7. The molecule has 0 saturated heterocycles. The third-order valence-electron chi connectivity index (χ3n) is 5.13. The molecule has 2 N–H and O–H groups in total. The Morgan fingerprint density at radius 2 is 1.76 bits per heavy atom. The van der Waals surface area contributed by atoms with Crippen LogP contribution in [0.25, 0.3) is 10.8 Å². The number of halogens is 1. The standard InChI is InChI=1S/C24H27ClN4O5/c1-4-6-9-12-29-24(32)17-11-8-7-10-16(17)20(28-29)23(31)27-26-22(30)15-13-18(25)21(34-5-2)19(14-15)33-3/h7-8,10-11,13-14H,4-6,9,12H2,1-3H3,(H,26,30)(H,27,31). The minimum absolute atomic E-state index is 0.0364. The Hall–Kier alpha value is -3.59. The zero-order valence-corrected chi connectivity index (χ0v) is 20.1. The molecule has 0 aliphatic heterocycles. The number of unbranched alkanes of at least 4 members (excludes halogenated alkanes) is 2. The summed E-state index contributed by atoms with van der Waals surface area (Å²) in [6.07, 6.45) is 2.69. The minimum Gasteiger partial charge on any atom is -0.493 e. The lowest BCUT2D eigenvalue weighted by atomic mass is 10.1. The molecule has 3 rings (SSSR count). The van der Waals surface area contributed by atoms with Gasteiger partial charge in [0.2, 0.25) is 0 Å². The number of aryl methyl sites for hydroxylation is 1. The van der Waals surface area contributed by atoms with Crippen molar-refractivity contribution >= 4 is 34.2 Å².